The molecule has 0 saturated carbocycles. The lowest BCUT2D eigenvalue weighted by Crippen LogP contribution is -2.20. The van der Waals surface area contributed by atoms with E-state index >= 15 is 0 Å². The van der Waals surface area contributed by atoms with Gasteiger partial charge in [-0.05, 0) is 36.2 Å². The average Bonchev–Trinajstić information content (AvgIpc) is 2.73. The van der Waals surface area contributed by atoms with Gasteiger partial charge >= 0.3 is 0 Å². The van der Waals surface area contributed by atoms with E-state index in [4.69, 9.17) is 0 Å². The Hall–Kier alpha value is -1.99. The molecule has 1 atom stereocenters. The Kier molecular flexibility index (Phi) is 5.06. The molecule has 2 aromatic carbocycles. The molecule has 0 unspecified atom stereocenters. The van der Waals surface area contributed by atoms with Gasteiger partial charge in [0, 0.05) is 16.6 Å². The summed E-state index contributed by atoms with van der Waals surface area (Å²) < 4.78 is 28.2. The molecule has 0 spiro atoms. The first-order valence-electron chi connectivity index (χ1n) is 8.09. The molecule has 1 heterocycles. The van der Waals surface area contributed by atoms with E-state index in [2.05, 4.69) is 10.0 Å². The number of carbonyl (C=O) groups is 1. The van der Waals surface area contributed by atoms with Crippen molar-refractivity contribution in [2.24, 2.45) is 5.92 Å². The largest absolute Gasteiger partial charge is 0.325 e. The molecule has 132 valence electrons. The number of hydrogen-bond donors (Lipinski definition) is 2. The van der Waals surface area contributed by atoms with Crippen LogP contribution >= 0.6 is 11.8 Å². The number of rotatable bonds is 4. The summed E-state index contributed by atoms with van der Waals surface area (Å²) in [6, 6.07) is 12.2. The fourth-order valence-electron chi connectivity index (χ4n) is 2.58. The molecule has 0 bridgehead atoms. The van der Waals surface area contributed by atoms with Crippen LogP contribution in [0.3, 0.4) is 0 Å². The first-order valence-corrected chi connectivity index (χ1v) is 10.6. The van der Waals surface area contributed by atoms with Crippen LogP contribution < -0.4 is 10.0 Å². The van der Waals surface area contributed by atoms with E-state index in [-0.39, 0.29) is 16.7 Å². The predicted molar refractivity (Wildman–Crippen MR) is 102 cm³/mol. The number of para-hydroxylation sites is 1. The van der Waals surface area contributed by atoms with Crippen LogP contribution in [0.5, 0.6) is 0 Å². The molecular weight excluding hydrogens is 356 g/mol. The van der Waals surface area contributed by atoms with Gasteiger partial charge in [-0.3, -0.25) is 9.52 Å². The van der Waals surface area contributed by atoms with Crippen molar-refractivity contribution >= 4 is 39.1 Å². The third kappa shape index (κ3) is 3.82. The van der Waals surface area contributed by atoms with Crippen LogP contribution in [0.2, 0.25) is 0 Å². The van der Waals surface area contributed by atoms with Crippen LogP contribution in [0.25, 0.3) is 0 Å². The van der Waals surface area contributed by atoms with Gasteiger partial charge in [-0.2, -0.15) is 0 Å². The first kappa shape index (κ1) is 17.8. The van der Waals surface area contributed by atoms with E-state index in [1.54, 1.807) is 36.0 Å². The fraction of sp³-hybridized carbons (Fsp3) is 0.278. The Balaban J connectivity index is 1.93. The molecule has 1 aliphatic rings. The molecule has 0 aliphatic carbocycles. The zero-order chi connectivity index (χ0) is 18.0. The van der Waals surface area contributed by atoms with Crippen LogP contribution in [0.4, 0.5) is 11.4 Å². The van der Waals surface area contributed by atoms with E-state index in [0.29, 0.717) is 17.1 Å². The molecule has 3 rings (SSSR count). The topological polar surface area (TPSA) is 75.3 Å². The molecule has 0 fully saturated rings. The van der Waals surface area contributed by atoms with Crippen LogP contribution in [-0.2, 0) is 21.2 Å². The normalized spacial score (nSPS) is 17.4. The van der Waals surface area contributed by atoms with Crippen LogP contribution in [-0.4, -0.2) is 20.1 Å². The third-order valence-corrected chi connectivity index (χ3v) is 6.80. The number of carbonyl (C=O) groups excluding carboxylic acids is 1. The standard InChI is InChI=1S/C18H20N2O3S2/c1-3-13-6-4-5-7-15(13)20-25(22,23)14-8-9-17-16(10-14)19-18(21)12(2)11-24-17/h4-10,12,20H,3,11H2,1-2H3,(H,19,21)/t12-/m1/s1. The second-order valence-electron chi connectivity index (χ2n) is 5.98. The van der Waals surface area contributed by atoms with E-state index in [1.807, 2.05) is 26.0 Å². The van der Waals surface area contributed by atoms with E-state index in [0.717, 1.165) is 16.9 Å². The van der Waals surface area contributed by atoms with Crippen molar-refractivity contribution in [1.29, 1.82) is 0 Å². The number of sulfonamides is 1. The van der Waals surface area contributed by atoms with Crippen LogP contribution in [0.15, 0.2) is 52.3 Å². The minimum absolute atomic E-state index is 0.0925. The van der Waals surface area contributed by atoms with Crippen LogP contribution in [0, 0.1) is 5.92 Å². The molecular formula is C18H20N2O3S2. The second kappa shape index (κ2) is 7.09. The van der Waals surface area contributed by atoms with Gasteiger partial charge < -0.3 is 5.32 Å². The van der Waals surface area contributed by atoms with E-state index in [1.165, 1.54) is 6.07 Å². The molecule has 5 nitrogen and oxygen atoms in total. The first-order chi connectivity index (χ1) is 11.9. The second-order valence-corrected chi connectivity index (χ2v) is 8.72. The summed E-state index contributed by atoms with van der Waals surface area (Å²) in [6.45, 7) is 3.83. The molecule has 25 heavy (non-hydrogen) atoms. The molecule has 7 heteroatoms. The minimum Gasteiger partial charge on any atom is -0.325 e. The number of fused-ring (bicyclic) bond motifs is 1. The van der Waals surface area contributed by atoms with Gasteiger partial charge in [0.2, 0.25) is 5.91 Å². The zero-order valence-corrected chi connectivity index (χ0v) is 15.7. The van der Waals surface area contributed by atoms with E-state index < -0.39 is 10.0 Å². The Morgan fingerprint density at radius 2 is 2.00 bits per heavy atom. The number of aryl methyl sites for hydroxylation is 1. The zero-order valence-electron chi connectivity index (χ0n) is 14.1. The smallest absolute Gasteiger partial charge is 0.261 e. The number of nitrogens with one attached hydrogen (secondary N) is 2. The number of benzene rings is 2. The Morgan fingerprint density at radius 1 is 1.24 bits per heavy atom. The lowest BCUT2D eigenvalue weighted by molar-refractivity contribution is -0.118. The van der Waals surface area contributed by atoms with Gasteiger partial charge in [0.15, 0.2) is 0 Å². The lowest BCUT2D eigenvalue weighted by atomic mass is 10.1. The van der Waals surface area contributed by atoms with Crippen molar-refractivity contribution in [2.75, 3.05) is 15.8 Å². The highest BCUT2D eigenvalue weighted by Gasteiger charge is 2.23. The predicted octanol–water partition coefficient (Wildman–Crippen LogP) is 3.73. The van der Waals surface area contributed by atoms with Gasteiger partial charge in [0.1, 0.15) is 0 Å². The molecule has 2 N–H and O–H groups in total. The quantitative estimate of drug-likeness (QED) is 0.853. The Labute approximate surface area is 152 Å². The fourth-order valence-corrected chi connectivity index (χ4v) is 4.72. The maximum Gasteiger partial charge on any atom is 0.261 e. The van der Waals surface area contributed by atoms with Crippen molar-refractivity contribution in [3.63, 3.8) is 0 Å². The summed E-state index contributed by atoms with van der Waals surface area (Å²) in [6.07, 6.45) is 0.730. The van der Waals surface area contributed by atoms with Crippen molar-refractivity contribution in [2.45, 2.75) is 30.1 Å². The van der Waals surface area contributed by atoms with Crippen molar-refractivity contribution < 1.29 is 13.2 Å². The summed E-state index contributed by atoms with van der Waals surface area (Å²) in [7, 11) is -3.73. The average molecular weight is 377 g/mol. The molecule has 2 aromatic rings. The number of amides is 1. The maximum atomic E-state index is 12.8. The SMILES string of the molecule is CCc1ccccc1NS(=O)(=O)c1ccc2c(c1)NC(=O)[C@H](C)CS2. The molecule has 0 saturated heterocycles. The minimum atomic E-state index is -3.73. The highest BCUT2D eigenvalue weighted by Crippen LogP contribution is 2.34. The van der Waals surface area contributed by atoms with Crippen LogP contribution in [0.1, 0.15) is 19.4 Å². The highest BCUT2D eigenvalue weighted by atomic mass is 32.2. The van der Waals surface area contributed by atoms with Crippen molar-refractivity contribution in [3.05, 3.63) is 48.0 Å². The highest BCUT2D eigenvalue weighted by molar-refractivity contribution is 7.99. The van der Waals surface area contributed by atoms with E-state index in [9.17, 15) is 13.2 Å². The van der Waals surface area contributed by atoms with Crippen molar-refractivity contribution in [1.82, 2.24) is 0 Å². The van der Waals surface area contributed by atoms with Crippen molar-refractivity contribution in [3.8, 4) is 0 Å². The maximum absolute atomic E-state index is 12.8. The number of anilines is 2. The molecule has 1 aliphatic heterocycles. The molecule has 1 amide bonds. The molecule has 0 radical (unpaired) electrons. The number of thioether (sulfide) groups is 1. The summed E-state index contributed by atoms with van der Waals surface area (Å²) in [4.78, 5) is 13.0. The Bertz CT molecular complexity index is 910. The third-order valence-electron chi connectivity index (χ3n) is 4.10. The lowest BCUT2D eigenvalue weighted by Gasteiger charge is -2.13. The monoisotopic (exact) mass is 376 g/mol. The Morgan fingerprint density at radius 3 is 2.76 bits per heavy atom. The van der Waals surface area contributed by atoms with Gasteiger partial charge in [-0.1, -0.05) is 32.0 Å². The van der Waals surface area contributed by atoms with Gasteiger partial charge in [-0.25, -0.2) is 8.42 Å². The summed E-state index contributed by atoms with van der Waals surface area (Å²) in [5.41, 5.74) is 2.05. The van der Waals surface area contributed by atoms with Gasteiger partial charge in [0.05, 0.1) is 16.3 Å². The van der Waals surface area contributed by atoms with Gasteiger partial charge in [0.25, 0.3) is 10.0 Å². The molecule has 0 aromatic heterocycles. The summed E-state index contributed by atoms with van der Waals surface area (Å²) in [5.74, 6) is 0.463. The summed E-state index contributed by atoms with van der Waals surface area (Å²) in [5, 5.41) is 2.82. The summed E-state index contributed by atoms with van der Waals surface area (Å²) >= 11 is 1.55. The van der Waals surface area contributed by atoms with Gasteiger partial charge in [-0.15, -0.1) is 11.8 Å². The number of hydrogen-bond acceptors (Lipinski definition) is 4.